The maximum atomic E-state index is 13.5. The third-order valence-electron chi connectivity index (χ3n) is 7.26. The first-order valence-corrected chi connectivity index (χ1v) is 14.2. The maximum absolute atomic E-state index is 13.5. The van der Waals surface area contributed by atoms with Crippen molar-refractivity contribution in [3.8, 4) is 17.6 Å². The van der Waals surface area contributed by atoms with Crippen LogP contribution in [0.1, 0.15) is 67.7 Å². The zero-order valence-electron chi connectivity index (χ0n) is 21.5. The molecule has 1 amide bonds. The normalized spacial score (nSPS) is 18.3. The van der Waals surface area contributed by atoms with E-state index in [4.69, 9.17) is 21.7 Å². The molecule has 198 valence electrons. The number of aromatic nitrogens is 1. The Kier molecular flexibility index (Phi) is 7.77. The van der Waals surface area contributed by atoms with E-state index >= 15 is 0 Å². The van der Waals surface area contributed by atoms with E-state index in [0.29, 0.717) is 57.2 Å². The highest BCUT2D eigenvalue weighted by Crippen LogP contribution is 2.39. The summed E-state index contributed by atoms with van der Waals surface area (Å²) in [7, 11) is 0. The van der Waals surface area contributed by atoms with Crippen LogP contribution < -0.4 is 20.3 Å². The Morgan fingerprint density at radius 2 is 1.97 bits per heavy atom. The third-order valence-corrected chi connectivity index (χ3v) is 8.59. The predicted molar refractivity (Wildman–Crippen MR) is 152 cm³/mol. The Morgan fingerprint density at radius 3 is 2.71 bits per heavy atom. The van der Waals surface area contributed by atoms with Gasteiger partial charge in [0.15, 0.2) is 11.5 Å². The van der Waals surface area contributed by atoms with E-state index < -0.39 is 0 Å². The molecule has 3 aliphatic rings. The number of rotatable bonds is 7. The van der Waals surface area contributed by atoms with Crippen molar-refractivity contribution in [1.82, 2.24) is 9.47 Å². The molecule has 1 aromatic heterocycles. The second-order valence-corrected chi connectivity index (χ2v) is 11.4. The summed E-state index contributed by atoms with van der Waals surface area (Å²) >= 11 is 6.92. The number of ether oxygens (including phenoxy) is 2. The monoisotopic (exact) mass is 550 g/mol. The van der Waals surface area contributed by atoms with E-state index in [2.05, 4.69) is 11.4 Å². The van der Waals surface area contributed by atoms with Gasteiger partial charge in [0.25, 0.3) is 11.5 Å². The van der Waals surface area contributed by atoms with Gasteiger partial charge in [0, 0.05) is 24.7 Å². The van der Waals surface area contributed by atoms with Crippen LogP contribution in [0.2, 0.25) is 0 Å². The van der Waals surface area contributed by atoms with Crippen molar-refractivity contribution in [3.63, 3.8) is 0 Å². The van der Waals surface area contributed by atoms with Crippen LogP contribution >= 0.6 is 24.0 Å². The number of hydrogen-bond donors (Lipinski definition) is 1. The lowest BCUT2D eigenvalue weighted by molar-refractivity contribution is -0.124. The number of nitriles is 1. The zero-order valence-corrected chi connectivity index (χ0v) is 23.2. The fourth-order valence-corrected chi connectivity index (χ4v) is 6.67. The lowest BCUT2D eigenvalue weighted by Gasteiger charge is -2.29. The highest BCUT2D eigenvalue weighted by Gasteiger charge is 2.38. The summed E-state index contributed by atoms with van der Waals surface area (Å²) < 4.78 is 13.1. The lowest BCUT2D eigenvalue weighted by atomic mass is 9.94. The fourth-order valence-electron chi connectivity index (χ4n) is 5.29. The molecule has 1 aliphatic carbocycles. The number of hydrogen-bond acceptors (Lipinski definition) is 8. The minimum atomic E-state index is -0.341. The number of carbonyl (C=O) groups is 1. The van der Waals surface area contributed by atoms with Crippen LogP contribution in [0.15, 0.2) is 27.9 Å². The van der Waals surface area contributed by atoms with Crippen LogP contribution in [0.3, 0.4) is 0 Å². The summed E-state index contributed by atoms with van der Waals surface area (Å²) in [5.41, 5.74) is 1.88. The standard InChI is InChI=1S/C28H30N4O4S2/c1-3-11-31-25(30-15-18-9-10-22-23(12-18)36-16-35-22)20(17(2)21(14-29)26(31)33)13-24-27(34)32(28(37)38-24)19-7-5-4-6-8-19/h9-10,12-13,19,30H,3-8,11,15-16H2,1-2H3/b24-13+. The van der Waals surface area contributed by atoms with Gasteiger partial charge in [-0.3, -0.25) is 19.1 Å². The fraction of sp³-hybridized carbons (Fsp3) is 0.429. The number of carbonyl (C=O) groups excluding carboxylic acids is 1. The van der Waals surface area contributed by atoms with Crippen molar-refractivity contribution in [2.75, 3.05) is 12.1 Å². The van der Waals surface area contributed by atoms with Gasteiger partial charge in [-0.05, 0) is 55.5 Å². The Balaban J connectivity index is 1.55. The van der Waals surface area contributed by atoms with Gasteiger partial charge < -0.3 is 14.8 Å². The SMILES string of the molecule is CCCn1c(NCc2ccc3c(c2)OCO3)c(/C=C2/SC(=S)N(C3CCCCC3)C2=O)c(C)c(C#N)c1=O. The quantitative estimate of drug-likeness (QED) is 0.366. The van der Waals surface area contributed by atoms with Gasteiger partial charge in [0.1, 0.15) is 21.8 Å². The summed E-state index contributed by atoms with van der Waals surface area (Å²) in [5.74, 6) is 1.86. The highest BCUT2D eigenvalue weighted by atomic mass is 32.2. The summed E-state index contributed by atoms with van der Waals surface area (Å²) in [5, 5.41) is 13.3. The number of thioether (sulfide) groups is 1. The molecule has 8 nitrogen and oxygen atoms in total. The number of benzene rings is 1. The van der Waals surface area contributed by atoms with Crippen molar-refractivity contribution in [2.45, 2.75) is 71.5 Å². The van der Waals surface area contributed by atoms with Crippen molar-refractivity contribution < 1.29 is 14.3 Å². The van der Waals surface area contributed by atoms with Crippen LogP contribution in [0, 0.1) is 18.3 Å². The molecule has 2 fully saturated rings. The maximum Gasteiger partial charge on any atom is 0.270 e. The number of amides is 1. The molecule has 1 saturated carbocycles. The Bertz CT molecular complexity index is 1420. The summed E-state index contributed by atoms with van der Waals surface area (Å²) in [6.45, 7) is 4.78. The Morgan fingerprint density at radius 1 is 1.21 bits per heavy atom. The molecular formula is C28H30N4O4S2. The molecule has 1 saturated heterocycles. The average Bonchev–Trinajstić information content (AvgIpc) is 3.50. The predicted octanol–water partition coefficient (Wildman–Crippen LogP) is 5.31. The van der Waals surface area contributed by atoms with Crippen LogP contribution in [0.25, 0.3) is 6.08 Å². The summed E-state index contributed by atoms with van der Waals surface area (Å²) in [6.07, 6.45) is 7.81. The molecule has 0 unspecified atom stereocenters. The van der Waals surface area contributed by atoms with Crippen molar-refractivity contribution in [3.05, 3.63) is 55.7 Å². The van der Waals surface area contributed by atoms with E-state index in [-0.39, 0.29) is 29.9 Å². The van der Waals surface area contributed by atoms with Gasteiger partial charge in [-0.15, -0.1) is 0 Å². The van der Waals surface area contributed by atoms with E-state index in [1.54, 1.807) is 22.5 Å². The van der Waals surface area contributed by atoms with Crippen LogP contribution in [0.4, 0.5) is 5.82 Å². The molecule has 0 atom stereocenters. The molecule has 0 radical (unpaired) electrons. The molecule has 1 aromatic carbocycles. The van der Waals surface area contributed by atoms with E-state index in [9.17, 15) is 14.9 Å². The number of fused-ring (bicyclic) bond motifs is 1. The first kappa shape index (κ1) is 26.3. The van der Waals surface area contributed by atoms with Crippen LogP contribution in [-0.2, 0) is 17.9 Å². The number of anilines is 1. The van der Waals surface area contributed by atoms with Crippen molar-refractivity contribution in [1.29, 1.82) is 5.26 Å². The van der Waals surface area contributed by atoms with E-state index in [1.807, 2.05) is 25.1 Å². The molecule has 1 N–H and O–H groups in total. The van der Waals surface area contributed by atoms with Gasteiger partial charge >= 0.3 is 0 Å². The molecule has 5 rings (SSSR count). The first-order chi connectivity index (χ1) is 18.4. The number of nitrogens with zero attached hydrogens (tertiary/aromatic N) is 3. The van der Waals surface area contributed by atoms with Crippen LogP contribution in [0.5, 0.6) is 11.5 Å². The lowest BCUT2D eigenvalue weighted by Crippen LogP contribution is -2.39. The van der Waals surface area contributed by atoms with Gasteiger partial charge in [0.2, 0.25) is 6.79 Å². The minimum absolute atomic E-state index is 0.0843. The second kappa shape index (κ2) is 11.2. The molecule has 2 aliphatic heterocycles. The molecule has 3 heterocycles. The topological polar surface area (TPSA) is 96.6 Å². The third kappa shape index (κ3) is 4.93. The number of nitrogens with one attached hydrogen (secondary N) is 1. The largest absolute Gasteiger partial charge is 0.454 e. The summed E-state index contributed by atoms with van der Waals surface area (Å²) in [6, 6.07) is 7.93. The molecule has 0 spiro atoms. The smallest absolute Gasteiger partial charge is 0.270 e. The van der Waals surface area contributed by atoms with E-state index in [1.165, 1.54) is 18.2 Å². The van der Waals surface area contributed by atoms with E-state index in [0.717, 1.165) is 31.2 Å². The molecular weight excluding hydrogens is 520 g/mol. The summed E-state index contributed by atoms with van der Waals surface area (Å²) in [4.78, 5) is 29.1. The molecule has 10 heteroatoms. The Hall–Kier alpha value is -3.29. The molecule has 38 heavy (non-hydrogen) atoms. The van der Waals surface area contributed by atoms with Crippen molar-refractivity contribution >= 4 is 46.1 Å². The zero-order chi connectivity index (χ0) is 26.8. The van der Waals surface area contributed by atoms with Gasteiger partial charge in [-0.25, -0.2) is 0 Å². The first-order valence-electron chi connectivity index (χ1n) is 13.0. The van der Waals surface area contributed by atoms with Gasteiger partial charge in [-0.1, -0.05) is 56.2 Å². The molecule has 0 bridgehead atoms. The van der Waals surface area contributed by atoms with Gasteiger partial charge in [-0.2, -0.15) is 5.26 Å². The molecule has 2 aromatic rings. The Labute approximate surface area is 231 Å². The minimum Gasteiger partial charge on any atom is -0.454 e. The highest BCUT2D eigenvalue weighted by molar-refractivity contribution is 8.26. The van der Waals surface area contributed by atoms with Crippen molar-refractivity contribution in [2.24, 2.45) is 0 Å². The second-order valence-electron chi connectivity index (χ2n) is 9.72. The van der Waals surface area contributed by atoms with Gasteiger partial charge in [0.05, 0.1) is 4.91 Å². The average molecular weight is 551 g/mol. The number of thiocarbonyl (C=S) groups is 1. The van der Waals surface area contributed by atoms with Crippen LogP contribution in [-0.4, -0.2) is 32.5 Å². The number of pyridine rings is 1.